The Morgan fingerprint density at radius 3 is 2.05 bits per heavy atom. The fourth-order valence-corrected chi connectivity index (χ4v) is 4.73. The minimum Gasteiger partial charge on any atom is -0.317 e. The quantitative estimate of drug-likeness (QED) is 0.578. The van der Waals surface area contributed by atoms with Gasteiger partial charge in [-0.15, -0.1) is 0 Å². The molecule has 0 aromatic carbocycles. The van der Waals surface area contributed by atoms with Crippen LogP contribution in [0.15, 0.2) is 12.2 Å². The van der Waals surface area contributed by atoms with Gasteiger partial charge in [0.2, 0.25) is 11.8 Å². The first-order chi connectivity index (χ1) is 9.75. The van der Waals surface area contributed by atoms with Crippen LogP contribution in [0.2, 0.25) is 0 Å². The van der Waals surface area contributed by atoms with Crippen LogP contribution in [-0.2, 0) is 9.59 Å². The first-order valence-electron chi connectivity index (χ1n) is 8.13. The largest absolute Gasteiger partial charge is 0.317 e. The van der Waals surface area contributed by atoms with Gasteiger partial charge in [-0.3, -0.25) is 9.59 Å². The van der Waals surface area contributed by atoms with E-state index in [0.717, 1.165) is 19.5 Å². The van der Waals surface area contributed by atoms with Crippen molar-refractivity contribution < 1.29 is 14.5 Å². The van der Waals surface area contributed by atoms with Crippen LogP contribution in [0.4, 0.5) is 0 Å². The number of allylic oxidation sites excluding steroid dienone is 2. The van der Waals surface area contributed by atoms with Gasteiger partial charge in [-0.05, 0) is 43.9 Å². The van der Waals surface area contributed by atoms with Crippen molar-refractivity contribution in [3.63, 3.8) is 0 Å². The van der Waals surface area contributed by atoms with E-state index in [-0.39, 0.29) is 23.7 Å². The number of fused-ring (bicyclic) bond motifs is 5. The molecule has 2 heterocycles. The Kier molecular flexibility index (Phi) is 2.95. The number of amides is 2. The van der Waals surface area contributed by atoms with Crippen molar-refractivity contribution >= 4 is 11.8 Å². The molecule has 0 radical (unpaired) electrons. The number of hydrogen-bond acceptors (Lipinski definition) is 2. The molecule has 0 unspecified atom stereocenters. The molecule has 4 heteroatoms. The normalized spacial score (nSPS) is 40.5. The van der Waals surface area contributed by atoms with Crippen LogP contribution in [0.25, 0.3) is 0 Å². The second-order valence-electron chi connectivity index (χ2n) is 6.93. The zero-order valence-corrected chi connectivity index (χ0v) is 11.9. The van der Waals surface area contributed by atoms with Gasteiger partial charge in [-0.1, -0.05) is 12.2 Å². The first-order valence-corrected chi connectivity index (χ1v) is 8.13. The summed E-state index contributed by atoms with van der Waals surface area (Å²) in [5.74, 6) is 0.867. The maximum atomic E-state index is 12.6. The number of nitrogens with zero attached hydrogens (tertiary/aromatic N) is 1. The molecular formula is C16H23N2O2+. The molecule has 4 nitrogen and oxygen atoms in total. The summed E-state index contributed by atoms with van der Waals surface area (Å²) in [4.78, 5) is 28.2. The van der Waals surface area contributed by atoms with Gasteiger partial charge in [-0.2, -0.15) is 0 Å². The topological polar surface area (TPSA) is 41.8 Å². The van der Waals surface area contributed by atoms with E-state index in [0.29, 0.717) is 18.5 Å². The second-order valence-corrected chi connectivity index (χ2v) is 6.93. The molecule has 20 heavy (non-hydrogen) atoms. The van der Waals surface area contributed by atoms with Gasteiger partial charge in [0.05, 0.1) is 24.9 Å². The summed E-state index contributed by atoms with van der Waals surface area (Å²) in [6.45, 7) is 2.83. The second kappa shape index (κ2) is 4.69. The average Bonchev–Trinajstić information content (AvgIpc) is 3.04. The summed E-state index contributed by atoms with van der Waals surface area (Å²) >= 11 is 0. The number of carbonyl (C=O) groups is 2. The Bertz CT molecular complexity index is 435. The van der Waals surface area contributed by atoms with E-state index in [4.69, 9.17) is 0 Å². The van der Waals surface area contributed by atoms with Gasteiger partial charge in [0.15, 0.2) is 6.67 Å². The van der Waals surface area contributed by atoms with Crippen molar-refractivity contribution in [3.8, 4) is 0 Å². The van der Waals surface area contributed by atoms with Gasteiger partial charge >= 0.3 is 0 Å². The zero-order valence-electron chi connectivity index (χ0n) is 11.9. The predicted octanol–water partition coefficient (Wildman–Crippen LogP) is 0.210. The fourth-order valence-electron chi connectivity index (χ4n) is 4.73. The summed E-state index contributed by atoms with van der Waals surface area (Å²) in [5.41, 5.74) is 0. The van der Waals surface area contributed by atoms with Gasteiger partial charge in [0.25, 0.3) is 0 Å². The lowest BCUT2D eigenvalue weighted by molar-refractivity contribution is -0.906. The van der Waals surface area contributed by atoms with E-state index in [2.05, 4.69) is 12.2 Å². The number of nitrogens with one attached hydrogen (secondary N) is 1. The van der Waals surface area contributed by atoms with Crippen LogP contribution in [0.1, 0.15) is 32.1 Å². The summed E-state index contributed by atoms with van der Waals surface area (Å²) in [5, 5.41) is 0. The third-order valence-electron chi connectivity index (χ3n) is 5.75. The monoisotopic (exact) mass is 275 g/mol. The molecule has 4 atom stereocenters. The van der Waals surface area contributed by atoms with Crippen molar-refractivity contribution in [1.82, 2.24) is 4.90 Å². The Morgan fingerprint density at radius 2 is 1.50 bits per heavy atom. The summed E-state index contributed by atoms with van der Waals surface area (Å²) < 4.78 is 0. The lowest BCUT2D eigenvalue weighted by atomic mass is 9.85. The molecule has 3 fully saturated rings. The predicted molar refractivity (Wildman–Crippen MR) is 73.6 cm³/mol. The third-order valence-corrected chi connectivity index (χ3v) is 5.75. The van der Waals surface area contributed by atoms with E-state index < -0.39 is 0 Å². The maximum absolute atomic E-state index is 12.6. The highest BCUT2D eigenvalue weighted by atomic mass is 16.2. The molecule has 2 aliphatic carbocycles. The van der Waals surface area contributed by atoms with Crippen molar-refractivity contribution in [3.05, 3.63) is 12.2 Å². The Balaban J connectivity index is 1.50. The summed E-state index contributed by atoms with van der Waals surface area (Å²) in [6.07, 6.45) is 10.4. The Hall–Kier alpha value is -1.16. The molecule has 2 bridgehead atoms. The lowest BCUT2D eigenvalue weighted by Gasteiger charge is -2.23. The molecule has 0 spiro atoms. The zero-order chi connectivity index (χ0) is 13.7. The highest BCUT2D eigenvalue weighted by Crippen LogP contribution is 2.52. The minimum atomic E-state index is -0.0242. The Morgan fingerprint density at radius 1 is 0.950 bits per heavy atom. The van der Waals surface area contributed by atoms with Crippen molar-refractivity contribution in [2.75, 3.05) is 19.8 Å². The van der Waals surface area contributed by atoms with Crippen LogP contribution in [0.5, 0.6) is 0 Å². The van der Waals surface area contributed by atoms with Gasteiger partial charge in [0, 0.05) is 0 Å². The van der Waals surface area contributed by atoms with E-state index in [1.165, 1.54) is 30.6 Å². The smallest absolute Gasteiger partial charge is 0.238 e. The van der Waals surface area contributed by atoms with Crippen LogP contribution in [0.3, 0.4) is 0 Å². The number of quaternary nitrogens is 1. The molecule has 0 aromatic heterocycles. The van der Waals surface area contributed by atoms with E-state index in [1.807, 2.05) is 0 Å². The lowest BCUT2D eigenvalue weighted by Crippen LogP contribution is -3.13. The number of imide groups is 1. The number of carbonyl (C=O) groups excluding carboxylic acids is 2. The maximum Gasteiger partial charge on any atom is 0.238 e. The fraction of sp³-hybridized carbons (Fsp3) is 0.750. The number of likely N-dealkylation sites (tertiary alicyclic amines) is 2. The minimum absolute atomic E-state index is 0.0242. The molecule has 0 aromatic rings. The summed E-state index contributed by atoms with van der Waals surface area (Å²) in [7, 11) is 0. The van der Waals surface area contributed by atoms with Gasteiger partial charge in [0.1, 0.15) is 0 Å². The SMILES string of the molecule is O=C1[C@@H]2[C@@H](C(=O)N1C[NH+]1CCCCCC1)[C@@H]1C=C[C@@H]2C1. The van der Waals surface area contributed by atoms with E-state index in [1.54, 1.807) is 4.90 Å². The van der Waals surface area contributed by atoms with E-state index >= 15 is 0 Å². The molecule has 4 aliphatic rings. The standard InChI is InChI=1S/C16H22N2O2/c19-15-13-11-5-6-12(9-11)14(13)16(20)18(15)10-17-7-3-1-2-4-8-17/h5-6,11-14H,1-4,7-10H2/p+1/t11-,12-,13+,14+/m1/s1. The van der Waals surface area contributed by atoms with Gasteiger partial charge in [-0.25, -0.2) is 4.90 Å². The van der Waals surface area contributed by atoms with Gasteiger partial charge < -0.3 is 4.90 Å². The summed E-state index contributed by atoms with van der Waals surface area (Å²) in [6, 6.07) is 0. The van der Waals surface area contributed by atoms with Crippen molar-refractivity contribution in [1.29, 1.82) is 0 Å². The molecule has 1 N–H and O–H groups in total. The third kappa shape index (κ3) is 1.77. The molecule has 2 saturated heterocycles. The highest BCUT2D eigenvalue weighted by Gasteiger charge is 2.59. The van der Waals surface area contributed by atoms with Crippen LogP contribution >= 0.6 is 0 Å². The van der Waals surface area contributed by atoms with Crippen LogP contribution < -0.4 is 4.90 Å². The molecule has 2 amide bonds. The highest BCUT2D eigenvalue weighted by molar-refractivity contribution is 6.06. The van der Waals surface area contributed by atoms with Crippen LogP contribution in [0, 0.1) is 23.7 Å². The molecule has 108 valence electrons. The number of hydrogen-bond donors (Lipinski definition) is 1. The van der Waals surface area contributed by atoms with Crippen LogP contribution in [-0.4, -0.2) is 36.5 Å². The van der Waals surface area contributed by atoms with Crippen molar-refractivity contribution in [2.45, 2.75) is 32.1 Å². The first kappa shape index (κ1) is 12.6. The number of rotatable bonds is 2. The van der Waals surface area contributed by atoms with Crippen molar-refractivity contribution in [2.24, 2.45) is 23.7 Å². The molecule has 4 rings (SSSR count). The molecular weight excluding hydrogens is 252 g/mol. The average molecular weight is 275 g/mol. The molecule has 1 saturated carbocycles. The van der Waals surface area contributed by atoms with E-state index in [9.17, 15) is 9.59 Å². The Labute approximate surface area is 119 Å². The molecule has 2 aliphatic heterocycles.